The van der Waals surface area contributed by atoms with Crippen molar-refractivity contribution in [2.24, 2.45) is 0 Å². The van der Waals surface area contributed by atoms with E-state index in [1.54, 1.807) is 31.2 Å². The lowest BCUT2D eigenvalue weighted by atomic mass is 10.1. The molecule has 1 unspecified atom stereocenters. The summed E-state index contributed by atoms with van der Waals surface area (Å²) in [6, 6.07) is 8.49. The van der Waals surface area contributed by atoms with Gasteiger partial charge in [0.1, 0.15) is 5.75 Å². The van der Waals surface area contributed by atoms with E-state index < -0.39 is 23.8 Å². The van der Waals surface area contributed by atoms with E-state index in [9.17, 15) is 18.0 Å². The van der Waals surface area contributed by atoms with Gasteiger partial charge in [-0.3, -0.25) is 10.8 Å². The Morgan fingerprint density at radius 3 is 2.09 bits per heavy atom. The average Bonchev–Trinajstić information content (AvgIpc) is 2.75. The highest BCUT2D eigenvalue weighted by Gasteiger charge is 2.31. The van der Waals surface area contributed by atoms with Gasteiger partial charge in [0.2, 0.25) is 6.10 Å². The lowest BCUT2D eigenvalue weighted by Crippen LogP contribution is -2.22. The fourth-order valence-corrected chi connectivity index (χ4v) is 2.73. The topological polar surface area (TPSA) is 109 Å². The zero-order chi connectivity index (χ0) is 24.6. The van der Waals surface area contributed by atoms with Crippen molar-refractivity contribution in [1.29, 1.82) is 10.8 Å². The van der Waals surface area contributed by atoms with Gasteiger partial charge in [-0.05, 0) is 49.4 Å². The summed E-state index contributed by atoms with van der Waals surface area (Å²) >= 11 is 5.81. The van der Waals surface area contributed by atoms with Gasteiger partial charge in [0.05, 0.1) is 29.3 Å². The standard InChI is InChI=1S/C17H15ClF3NO3.C6H6N2/c1-2-24-16(23)15(25-14-8-7-12(18)9-13(14)22)10-3-5-11(6-4-10)17(19,20)21;7-5-3-1-2-4-6(5)8/h3-9,15H,2,22H2,1H3;1-4,7-8H. The molecule has 0 saturated heterocycles. The van der Waals surface area contributed by atoms with Gasteiger partial charge in [0, 0.05) is 10.6 Å². The summed E-state index contributed by atoms with van der Waals surface area (Å²) in [7, 11) is 0. The van der Waals surface area contributed by atoms with Crippen LogP contribution in [-0.2, 0) is 15.7 Å². The highest BCUT2D eigenvalue weighted by molar-refractivity contribution is 6.48. The number of alkyl halides is 3. The van der Waals surface area contributed by atoms with E-state index in [2.05, 4.69) is 0 Å². The first kappa shape index (κ1) is 25.7. The van der Waals surface area contributed by atoms with Crippen LogP contribution in [0.1, 0.15) is 24.2 Å². The number of carbonyl (C=O) groups excluding carboxylic acids is 1. The van der Waals surface area contributed by atoms with E-state index in [1.807, 2.05) is 0 Å². The molecule has 0 fully saturated rings. The molecule has 6 nitrogen and oxygen atoms in total. The van der Waals surface area contributed by atoms with E-state index in [0.29, 0.717) is 5.02 Å². The molecule has 3 rings (SSSR count). The molecular weight excluding hydrogens is 459 g/mol. The number of benzene rings is 2. The summed E-state index contributed by atoms with van der Waals surface area (Å²) in [5, 5.41) is 14.4. The number of hydrogen-bond acceptors (Lipinski definition) is 6. The van der Waals surface area contributed by atoms with Crippen molar-refractivity contribution >= 4 is 34.7 Å². The fraction of sp³-hybridized carbons (Fsp3) is 0.174. The second-order valence-corrected chi connectivity index (χ2v) is 7.03. The Balaban J connectivity index is 0.000000405. The zero-order valence-corrected chi connectivity index (χ0v) is 18.2. The van der Waals surface area contributed by atoms with Gasteiger partial charge in [0.15, 0.2) is 0 Å². The molecule has 0 amide bonds. The first-order valence-electron chi connectivity index (χ1n) is 9.60. The summed E-state index contributed by atoms with van der Waals surface area (Å²) < 4.78 is 48.6. The van der Waals surface area contributed by atoms with Gasteiger partial charge in [-0.15, -0.1) is 0 Å². The third-order valence-corrected chi connectivity index (χ3v) is 4.42. The molecule has 0 aromatic heterocycles. The minimum atomic E-state index is -4.47. The lowest BCUT2D eigenvalue weighted by Gasteiger charge is -2.19. The first-order valence-corrected chi connectivity index (χ1v) is 9.98. The Morgan fingerprint density at radius 1 is 1.06 bits per heavy atom. The van der Waals surface area contributed by atoms with Gasteiger partial charge in [-0.25, -0.2) is 4.79 Å². The molecule has 33 heavy (non-hydrogen) atoms. The minimum absolute atomic E-state index is 0.0927. The third kappa shape index (κ3) is 7.50. The molecule has 2 aromatic rings. The van der Waals surface area contributed by atoms with Gasteiger partial charge in [0.25, 0.3) is 0 Å². The van der Waals surface area contributed by atoms with Crippen LogP contribution in [0.3, 0.4) is 0 Å². The Labute approximate surface area is 193 Å². The van der Waals surface area contributed by atoms with Crippen LogP contribution in [0.2, 0.25) is 5.02 Å². The van der Waals surface area contributed by atoms with Crippen LogP contribution in [0.15, 0.2) is 66.8 Å². The summed E-state index contributed by atoms with van der Waals surface area (Å²) in [6.45, 7) is 1.70. The maximum Gasteiger partial charge on any atom is 0.416 e. The monoisotopic (exact) mass is 479 g/mol. The number of nitrogen functional groups attached to an aromatic ring is 1. The molecule has 0 heterocycles. The number of rotatable bonds is 5. The number of hydrogen-bond donors (Lipinski definition) is 3. The van der Waals surface area contributed by atoms with Crippen LogP contribution in [0.4, 0.5) is 18.9 Å². The number of ether oxygens (including phenoxy) is 2. The largest absolute Gasteiger partial charge is 0.472 e. The number of nitrogens with two attached hydrogens (primary N) is 1. The first-order chi connectivity index (χ1) is 15.5. The van der Waals surface area contributed by atoms with Crippen LogP contribution in [0, 0.1) is 10.8 Å². The molecule has 4 N–H and O–H groups in total. The van der Waals surface area contributed by atoms with E-state index in [0.717, 1.165) is 24.3 Å². The molecule has 10 heteroatoms. The predicted octanol–water partition coefficient (Wildman–Crippen LogP) is 5.78. The van der Waals surface area contributed by atoms with E-state index in [4.69, 9.17) is 37.6 Å². The molecule has 174 valence electrons. The Bertz CT molecular complexity index is 1060. The van der Waals surface area contributed by atoms with E-state index in [1.165, 1.54) is 18.2 Å². The molecule has 0 saturated carbocycles. The SMILES string of the molecule is CCOC(=O)C(Oc1ccc(Cl)cc1N)c1ccc(C(F)(F)F)cc1.N=C1C=CC=CC1=N. The van der Waals surface area contributed by atoms with Gasteiger partial charge in [-0.1, -0.05) is 35.9 Å². The van der Waals surface area contributed by atoms with Crippen LogP contribution in [0.25, 0.3) is 0 Å². The maximum absolute atomic E-state index is 12.7. The molecule has 0 spiro atoms. The second-order valence-electron chi connectivity index (χ2n) is 6.60. The van der Waals surface area contributed by atoms with Crippen molar-refractivity contribution < 1.29 is 27.4 Å². The Kier molecular flexibility index (Phi) is 8.81. The normalized spacial score (nSPS) is 13.7. The molecule has 1 aliphatic rings. The van der Waals surface area contributed by atoms with Crippen molar-refractivity contribution in [2.45, 2.75) is 19.2 Å². The number of nitrogens with one attached hydrogen (secondary N) is 2. The third-order valence-electron chi connectivity index (χ3n) is 4.19. The molecular formula is C23H21ClF3N3O3. The van der Waals surface area contributed by atoms with Crippen molar-refractivity contribution in [2.75, 3.05) is 12.3 Å². The van der Waals surface area contributed by atoms with E-state index in [-0.39, 0.29) is 35.0 Å². The maximum atomic E-state index is 12.7. The number of anilines is 1. The number of allylic oxidation sites excluding steroid dienone is 4. The zero-order valence-electron chi connectivity index (χ0n) is 17.4. The van der Waals surface area contributed by atoms with Crippen LogP contribution >= 0.6 is 11.6 Å². The predicted molar refractivity (Wildman–Crippen MR) is 121 cm³/mol. The van der Waals surface area contributed by atoms with Crippen LogP contribution < -0.4 is 10.5 Å². The van der Waals surface area contributed by atoms with E-state index >= 15 is 0 Å². The fourth-order valence-electron chi connectivity index (χ4n) is 2.55. The number of esters is 1. The minimum Gasteiger partial charge on any atom is -0.472 e. The summed E-state index contributed by atoms with van der Waals surface area (Å²) in [5.74, 6) is -0.570. The molecule has 1 aliphatic carbocycles. The van der Waals surface area contributed by atoms with Crippen molar-refractivity contribution in [1.82, 2.24) is 0 Å². The Hall–Kier alpha value is -3.59. The van der Waals surface area contributed by atoms with Crippen molar-refractivity contribution in [3.8, 4) is 5.75 Å². The summed E-state index contributed by atoms with van der Waals surface area (Å²) in [6.07, 6.45) is 0.968. The summed E-state index contributed by atoms with van der Waals surface area (Å²) in [5.41, 5.74) is 5.93. The molecule has 1 atom stereocenters. The quantitative estimate of drug-likeness (QED) is 0.287. The Morgan fingerprint density at radius 2 is 1.64 bits per heavy atom. The smallest absolute Gasteiger partial charge is 0.416 e. The van der Waals surface area contributed by atoms with Crippen molar-refractivity contribution in [3.63, 3.8) is 0 Å². The number of halogens is 4. The van der Waals surface area contributed by atoms with Gasteiger partial charge in [-0.2, -0.15) is 13.2 Å². The number of carbonyl (C=O) groups is 1. The van der Waals surface area contributed by atoms with Crippen LogP contribution in [-0.4, -0.2) is 24.0 Å². The highest BCUT2D eigenvalue weighted by atomic mass is 35.5. The highest BCUT2D eigenvalue weighted by Crippen LogP contribution is 2.33. The average molecular weight is 480 g/mol. The van der Waals surface area contributed by atoms with Crippen LogP contribution in [0.5, 0.6) is 5.75 Å². The van der Waals surface area contributed by atoms with Crippen molar-refractivity contribution in [3.05, 3.63) is 82.9 Å². The summed E-state index contributed by atoms with van der Waals surface area (Å²) in [4.78, 5) is 12.2. The molecule has 0 bridgehead atoms. The molecule has 0 aliphatic heterocycles. The second kappa shape index (κ2) is 11.3. The molecule has 0 radical (unpaired) electrons. The molecule has 2 aromatic carbocycles. The lowest BCUT2D eigenvalue weighted by molar-refractivity contribution is -0.151. The van der Waals surface area contributed by atoms with Gasteiger partial charge >= 0.3 is 12.1 Å². The van der Waals surface area contributed by atoms with Gasteiger partial charge < -0.3 is 15.2 Å².